The van der Waals surface area contributed by atoms with Crippen LogP contribution in [-0.2, 0) is 25.8 Å². The normalized spacial score (nSPS) is 18.0. The second-order valence-electron chi connectivity index (χ2n) is 5.46. The molecule has 3 nitrogen and oxygen atoms in total. The van der Waals surface area contributed by atoms with Crippen LogP contribution in [-0.4, -0.2) is 16.3 Å². The smallest absolute Gasteiger partial charge is 0.0624 e. The summed E-state index contributed by atoms with van der Waals surface area (Å²) in [4.78, 5) is 0. The Kier molecular flexibility index (Phi) is 3.88. The molecular weight excluding hydrogens is 246 g/mol. The third-order valence-corrected chi connectivity index (χ3v) is 4.20. The van der Waals surface area contributed by atoms with E-state index in [2.05, 4.69) is 59.3 Å². The van der Waals surface area contributed by atoms with Crippen LogP contribution in [0.15, 0.2) is 30.3 Å². The summed E-state index contributed by atoms with van der Waals surface area (Å²) in [6.07, 6.45) is 3.17. The van der Waals surface area contributed by atoms with Gasteiger partial charge in [0.25, 0.3) is 0 Å². The largest absolute Gasteiger partial charge is 0.309 e. The lowest BCUT2D eigenvalue weighted by atomic mass is 9.91. The van der Waals surface area contributed by atoms with E-state index in [4.69, 9.17) is 0 Å². The summed E-state index contributed by atoms with van der Waals surface area (Å²) < 4.78 is 2.15. The quantitative estimate of drug-likeness (QED) is 0.925. The summed E-state index contributed by atoms with van der Waals surface area (Å²) in [6, 6.07) is 11.5. The van der Waals surface area contributed by atoms with Gasteiger partial charge in [-0.2, -0.15) is 5.10 Å². The van der Waals surface area contributed by atoms with Crippen LogP contribution in [0, 0.1) is 0 Å². The minimum absolute atomic E-state index is 0.423. The first-order chi connectivity index (χ1) is 9.81. The summed E-state index contributed by atoms with van der Waals surface area (Å²) in [5, 5.41) is 8.32. The standard InChI is InChI=1S/C17H23N3/c1-3-14-11-15(20(4-2)19-14)12-17-16-8-6-5-7-13(16)9-10-18-17/h5-8,11,17-18H,3-4,9-10,12H2,1-2H3. The lowest BCUT2D eigenvalue weighted by Crippen LogP contribution is -2.31. The topological polar surface area (TPSA) is 29.9 Å². The maximum Gasteiger partial charge on any atom is 0.0624 e. The van der Waals surface area contributed by atoms with Gasteiger partial charge >= 0.3 is 0 Å². The fourth-order valence-corrected chi connectivity index (χ4v) is 3.11. The van der Waals surface area contributed by atoms with E-state index < -0.39 is 0 Å². The Bertz CT molecular complexity index is 586. The summed E-state index contributed by atoms with van der Waals surface area (Å²) in [5.41, 5.74) is 5.50. The SMILES string of the molecule is CCc1cc(CC2NCCc3ccccc32)n(CC)n1. The van der Waals surface area contributed by atoms with Gasteiger partial charge in [-0.15, -0.1) is 0 Å². The number of hydrogen-bond acceptors (Lipinski definition) is 2. The molecule has 0 spiro atoms. The molecule has 1 atom stereocenters. The van der Waals surface area contributed by atoms with Crippen molar-refractivity contribution in [3.8, 4) is 0 Å². The number of nitrogens with zero attached hydrogens (tertiary/aromatic N) is 2. The van der Waals surface area contributed by atoms with Gasteiger partial charge in [-0.25, -0.2) is 0 Å². The van der Waals surface area contributed by atoms with E-state index in [1.165, 1.54) is 22.5 Å². The van der Waals surface area contributed by atoms with Crippen LogP contribution in [0.4, 0.5) is 0 Å². The van der Waals surface area contributed by atoms with E-state index in [1.807, 2.05) is 0 Å². The lowest BCUT2D eigenvalue weighted by Gasteiger charge is -2.27. The Labute approximate surface area is 121 Å². The van der Waals surface area contributed by atoms with Gasteiger partial charge in [0.2, 0.25) is 0 Å². The number of nitrogens with one attached hydrogen (secondary N) is 1. The molecule has 1 aliphatic heterocycles. The molecule has 0 bridgehead atoms. The second-order valence-corrected chi connectivity index (χ2v) is 5.46. The highest BCUT2D eigenvalue weighted by atomic mass is 15.3. The molecule has 20 heavy (non-hydrogen) atoms. The van der Waals surface area contributed by atoms with Crippen LogP contribution in [0.25, 0.3) is 0 Å². The van der Waals surface area contributed by atoms with Crippen molar-refractivity contribution in [1.82, 2.24) is 15.1 Å². The molecule has 1 aromatic carbocycles. The van der Waals surface area contributed by atoms with Gasteiger partial charge in [0.15, 0.2) is 0 Å². The molecule has 1 N–H and O–H groups in total. The molecule has 106 valence electrons. The van der Waals surface area contributed by atoms with Gasteiger partial charge in [0.05, 0.1) is 5.69 Å². The second kappa shape index (κ2) is 5.80. The number of aromatic nitrogens is 2. The molecule has 1 aliphatic rings. The highest BCUT2D eigenvalue weighted by Crippen LogP contribution is 2.26. The van der Waals surface area contributed by atoms with Crippen LogP contribution in [0.5, 0.6) is 0 Å². The van der Waals surface area contributed by atoms with Crippen molar-refractivity contribution >= 4 is 0 Å². The zero-order valence-electron chi connectivity index (χ0n) is 12.4. The summed E-state index contributed by atoms with van der Waals surface area (Å²) in [5.74, 6) is 0. The highest BCUT2D eigenvalue weighted by molar-refractivity contribution is 5.33. The van der Waals surface area contributed by atoms with Crippen molar-refractivity contribution in [3.05, 3.63) is 52.8 Å². The number of fused-ring (bicyclic) bond motifs is 1. The fourth-order valence-electron chi connectivity index (χ4n) is 3.11. The summed E-state index contributed by atoms with van der Waals surface area (Å²) in [6.45, 7) is 6.35. The van der Waals surface area contributed by atoms with E-state index in [0.717, 1.165) is 32.4 Å². The van der Waals surface area contributed by atoms with Crippen molar-refractivity contribution in [2.75, 3.05) is 6.54 Å². The van der Waals surface area contributed by atoms with Crippen molar-refractivity contribution in [2.24, 2.45) is 0 Å². The Balaban J connectivity index is 1.87. The van der Waals surface area contributed by atoms with Crippen LogP contribution in [0.1, 0.15) is 42.4 Å². The average molecular weight is 269 g/mol. The Morgan fingerprint density at radius 1 is 1.30 bits per heavy atom. The van der Waals surface area contributed by atoms with Crippen LogP contribution >= 0.6 is 0 Å². The zero-order valence-corrected chi connectivity index (χ0v) is 12.4. The fraction of sp³-hybridized carbons (Fsp3) is 0.471. The first kappa shape index (κ1) is 13.4. The van der Waals surface area contributed by atoms with E-state index >= 15 is 0 Å². The third-order valence-electron chi connectivity index (χ3n) is 4.20. The zero-order chi connectivity index (χ0) is 13.9. The molecule has 2 aromatic rings. The van der Waals surface area contributed by atoms with E-state index in [-0.39, 0.29) is 0 Å². The molecule has 1 aromatic heterocycles. The van der Waals surface area contributed by atoms with Crippen molar-refractivity contribution in [1.29, 1.82) is 0 Å². The first-order valence-electron chi connectivity index (χ1n) is 7.68. The first-order valence-corrected chi connectivity index (χ1v) is 7.68. The Hall–Kier alpha value is -1.61. The predicted octanol–water partition coefficient (Wildman–Crippen LogP) is 2.89. The molecule has 3 rings (SSSR count). The van der Waals surface area contributed by atoms with Gasteiger partial charge in [-0.05, 0) is 43.5 Å². The third kappa shape index (κ3) is 2.50. The Morgan fingerprint density at radius 2 is 2.15 bits per heavy atom. The number of rotatable bonds is 4. The van der Waals surface area contributed by atoms with Crippen molar-refractivity contribution < 1.29 is 0 Å². The maximum absolute atomic E-state index is 4.66. The van der Waals surface area contributed by atoms with E-state index in [0.29, 0.717) is 6.04 Å². The predicted molar refractivity (Wildman–Crippen MR) is 81.9 cm³/mol. The summed E-state index contributed by atoms with van der Waals surface area (Å²) in [7, 11) is 0. The van der Waals surface area contributed by atoms with Crippen molar-refractivity contribution in [3.63, 3.8) is 0 Å². The van der Waals surface area contributed by atoms with Crippen LogP contribution in [0.2, 0.25) is 0 Å². The van der Waals surface area contributed by atoms with Gasteiger partial charge in [-0.1, -0.05) is 31.2 Å². The molecule has 0 aliphatic carbocycles. The number of hydrogen-bond donors (Lipinski definition) is 1. The minimum atomic E-state index is 0.423. The monoisotopic (exact) mass is 269 g/mol. The van der Waals surface area contributed by atoms with E-state index in [9.17, 15) is 0 Å². The molecule has 2 heterocycles. The average Bonchev–Trinajstić information content (AvgIpc) is 2.90. The summed E-state index contributed by atoms with van der Waals surface area (Å²) >= 11 is 0. The lowest BCUT2D eigenvalue weighted by molar-refractivity contribution is 0.481. The molecule has 0 saturated heterocycles. The van der Waals surface area contributed by atoms with E-state index in [1.54, 1.807) is 0 Å². The molecule has 0 radical (unpaired) electrons. The molecule has 0 amide bonds. The molecular formula is C17H23N3. The highest BCUT2D eigenvalue weighted by Gasteiger charge is 2.21. The Morgan fingerprint density at radius 3 is 2.95 bits per heavy atom. The van der Waals surface area contributed by atoms with Gasteiger partial charge in [0.1, 0.15) is 0 Å². The van der Waals surface area contributed by atoms with Gasteiger partial charge < -0.3 is 5.32 Å². The van der Waals surface area contributed by atoms with Gasteiger partial charge in [-0.3, -0.25) is 4.68 Å². The van der Waals surface area contributed by atoms with Crippen molar-refractivity contribution in [2.45, 2.75) is 45.7 Å². The minimum Gasteiger partial charge on any atom is -0.309 e. The van der Waals surface area contributed by atoms with Gasteiger partial charge in [0, 0.05) is 24.7 Å². The number of aryl methyl sites for hydroxylation is 2. The maximum atomic E-state index is 4.66. The molecule has 3 heteroatoms. The van der Waals surface area contributed by atoms with Crippen LogP contribution < -0.4 is 5.32 Å². The molecule has 0 fully saturated rings. The van der Waals surface area contributed by atoms with Crippen LogP contribution in [0.3, 0.4) is 0 Å². The number of benzene rings is 1. The molecule has 0 saturated carbocycles. The molecule has 1 unspecified atom stereocenters.